The summed E-state index contributed by atoms with van der Waals surface area (Å²) in [7, 11) is 3.10. The zero-order valence-electron chi connectivity index (χ0n) is 35.1. The van der Waals surface area contributed by atoms with Crippen molar-refractivity contribution in [1.29, 1.82) is 0 Å². The number of methoxy groups -OCH3 is 1. The Kier molecular flexibility index (Phi) is 17.8. The van der Waals surface area contributed by atoms with Crippen molar-refractivity contribution in [2.75, 3.05) is 27.2 Å². The van der Waals surface area contributed by atoms with E-state index in [1.165, 1.54) is 12.0 Å². The zero-order valence-corrected chi connectivity index (χ0v) is 35.1. The maximum atomic E-state index is 13.3. The van der Waals surface area contributed by atoms with E-state index in [0.29, 0.717) is 12.1 Å². The molecular formula is C44H64N2O12. The van der Waals surface area contributed by atoms with Gasteiger partial charge in [-0.15, -0.1) is 0 Å². The Morgan fingerprint density at radius 3 is 2.31 bits per heavy atom. The summed E-state index contributed by atoms with van der Waals surface area (Å²) in [4.78, 5) is 39.3. The number of likely N-dealkylation sites (tertiary alicyclic amines) is 1. The van der Waals surface area contributed by atoms with E-state index in [0.717, 1.165) is 5.57 Å². The van der Waals surface area contributed by atoms with Crippen LogP contribution in [-0.2, 0) is 28.6 Å². The smallest absolute Gasteiger partial charge is 0.261 e. The number of carbonyl (C=O) groups is 3. The summed E-state index contributed by atoms with van der Waals surface area (Å²) in [5.41, 5.74) is -0.0734. The van der Waals surface area contributed by atoms with Gasteiger partial charge in [0.15, 0.2) is 5.78 Å². The molecule has 3 fully saturated rings. The van der Waals surface area contributed by atoms with Crippen molar-refractivity contribution >= 4 is 17.6 Å². The summed E-state index contributed by atoms with van der Waals surface area (Å²) in [6.45, 7) is 12.6. The van der Waals surface area contributed by atoms with E-state index < -0.39 is 89.5 Å². The number of ketones is 1. The van der Waals surface area contributed by atoms with Gasteiger partial charge in [0.05, 0.1) is 30.3 Å². The van der Waals surface area contributed by atoms with Crippen molar-refractivity contribution < 1.29 is 59.2 Å². The predicted molar refractivity (Wildman–Crippen MR) is 219 cm³/mol. The van der Waals surface area contributed by atoms with Gasteiger partial charge in [-0.2, -0.15) is 0 Å². The Bertz CT molecular complexity index is 1710. The predicted octanol–water partition coefficient (Wildman–Crippen LogP) is 3.04. The Morgan fingerprint density at radius 1 is 1.00 bits per heavy atom. The lowest BCUT2D eigenvalue weighted by molar-refractivity contribution is -0.359. The molecule has 11 atom stereocenters. The SMILES string of the molecule is CC=CC=CC1OC(O)(C(CC)C(=O)NCC=CC=C(C)C(OC)C(C)C2OC(C=CC=CC=C(C)C(O)=C3C(=O)CCN(C)C3=O)C(O)C2O)C(O)C(O)C1(C)C. The van der Waals surface area contributed by atoms with Crippen molar-refractivity contribution in [2.45, 2.75) is 116 Å². The van der Waals surface area contributed by atoms with Gasteiger partial charge >= 0.3 is 0 Å². The molecule has 0 radical (unpaired) electrons. The van der Waals surface area contributed by atoms with Crippen molar-refractivity contribution in [3.8, 4) is 0 Å². The van der Waals surface area contributed by atoms with Crippen molar-refractivity contribution in [2.24, 2.45) is 17.3 Å². The largest absolute Gasteiger partial charge is 0.507 e. The van der Waals surface area contributed by atoms with Gasteiger partial charge < -0.3 is 55.1 Å². The molecule has 3 saturated heterocycles. The highest BCUT2D eigenvalue weighted by molar-refractivity contribution is 6.21. The second-order valence-corrected chi connectivity index (χ2v) is 15.8. The van der Waals surface area contributed by atoms with Crippen LogP contribution in [-0.4, -0.2) is 135 Å². The number of likely N-dealkylation sites (N-methyl/N-ethyl adjacent to an activating group) is 1. The molecule has 0 saturated carbocycles. The van der Waals surface area contributed by atoms with Crippen LogP contribution in [0, 0.1) is 17.3 Å². The molecule has 2 amide bonds. The number of carbonyl (C=O) groups excluding carboxylic acids is 3. The monoisotopic (exact) mass is 812 g/mol. The molecule has 0 spiro atoms. The standard InChI is InChI=1S/C44H64N2O12/c1-10-12-14-22-32-43(6,7)39(51)40(52)44(55,58-32)29(11-2)41(53)45-24-18-17-20-27(4)37(56-9)28(5)38-36(50)35(49)31(57-38)21-16-13-15-19-26(3)34(48)33-30(47)23-25-46(8)42(33)54/h10,12-22,28-29,31-32,35-40,48-52,55H,11,23-25H2,1-9H3,(H,45,53). The lowest BCUT2D eigenvalue weighted by Gasteiger charge is -2.53. The third-order valence-corrected chi connectivity index (χ3v) is 11.3. The van der Waals surface area contributed by atoms with Crippen molar-refractivity contribution in [3.63, 3.8) is 0 Å². The fourth-order valence-corrected chi connectivity index (χ4v) is 7.48. The van der Waals surface area contributed by atoms with Crippen LogP contribution in [0.5, 0.6) is 0 Å². The van der Waals surface area contributed by atoms with E-state index in [1.807, 2.05) is 26.8 Å². The summed E-state index contributed by atoms with van der Waals surface area (Å²) in [6, 6.07) is 0. The lowest BCUT2D eigenvalue weighted by atomic mass is 9.71. The van der Waals surface area contributed by atoms with Gasteiger partial charge in [0, 0.05) is 45.0 Å². The molecule has 58 heavy (non-hydrogen) atoms. The van der Waals surface area contributed by atoms with E-state index in [-0.39, 0.29) is 30.7 Å². The number of ether oxygens (including phenoxy) is 3. The number of Topliss-reactive ketones (excluding diaryl/α,β-unsaturated/α-hetero) is 1. The molecular weight excluding hydrogens is 748 g/mol. The Labute approximate surface area is 342 Å². The molecule has 3 aliphatic heterocycles. The quantitative estimate of drug-likeness (QED) is 0.0519. The van der Waals surface area contributed by atoms with Crippen LogP contribution in [0.4, 0.5) is 0 Å². The number of hydrogen-bond donors (Lipinski definition) is 7. The first-order valence-electron chi connectivity index (χ1n) is 19.7. The Morgan fingerprint density at radius 2 is 1.67 bits per heavy atom. The molecule has 3 rings (SSSR count). The lowest BCUT2D eigenvalue weighted by Crippen LogP contribution is -2.69. The minimum absolute atomic E-state index is 0.0848. The van der Waals surface area contributed by atoms with Crippen LogP contribution in [0.3, 0.4) is 0 Å². The number of allylic oxidation sites excluding steroid dienone is 10. The van der Waals surface area contributed by atoms with Gasteiger partial charge in [-0.05, 0) is 38.3 Å². The number of aliphatic hydroxyl groups excluding tert-OH is 5. The first-order valence-corrected chi connectivity index (χ1v) is 19.7. The molecule has 0 bridgehead atoms. The summed E-state index contributed by atoms with van der Waals surface area (Å²) in [5.74, 6) is -5.79. The van der Waals surface area contributed by atoms with Crippen LogP contribution in [0.25, 0.3) is 0 Å². The fraction of sp³-hybridized carbons (Fsp3) is 0.568. The Balaban J connectivity index is 1.61. The van der Waals surface area contributed by atoms with Gasteiger partial charge in [0.2, 0.25) is 11.7 Å². The molecule has 0 aromatic heterocycles. The molecule has 14 heteroatoms. The molecule has 0 aromatic rings. The van der Waals surface area contributed by atoms with Gasteiger partial charge in [0.25, 0.3) is 5.91 Å². The number of nitrogens with one attached hydrogen (secondary N) is 1. The number of rotatable bonds is 16. The van der Waals surface area contributed by atoms with Crippen LogP contribution in [0.1, 0.15) is 61.3 Å². The minimum atomic E-state index is -2.34. The van der Waals surface area contributed by atoms with Gasteiger partial charge in [-0.25, -0.2) is 0 Å². The van der Waals surface area contributed by atoms with Crippen molar-refractivity contribution in [1.82, 2.24) is 10.2 Å². The normalized spacial score (nSPS) is 32.7. The van der Waals surface area contributed by atoms with E-state index in [1.54, 1.807) is 102 Å². The second-order valence-electron chi connectivity index (χ2n) is 15.8. The fourth-order valence-electron chi connectivity index (χ4n) is 7.48. The Hall–Kier alpha value is -3.99. The van der Waals surface area contributed by atoms with E-state index >= 15 is 0 Å². The summed E-state index contributed by atoms with van der Waals surface area (Å²) < 4.78 is 17.8. The molecule has 3 heterocycles. The highest BCUT2D eigenvalue weighted by Crippen LogP contribution is 2.44. The molecule has 14 nitrogen and oxygen atoms in total. The van der Waals surface area contributed by atoms with Crippen LogP contribution >= 0.6 is 0 Å². The number of amides is 2. The average Bonchev–Trinajstić information content (AvgIpc) is 3.46. The van der Waals surface area contributed by atoms with Gasteiger partial charge in [-0.3, -0.25) is 14.4 Å². The summed E-state index contributed by atoms with van der Waals surface area (Å²) in [5, 5.41) is 68.5. The molecule has 322 valence electrons. The zero-order chi connectivity index (χ0) is 43.5. The third-order valence-electron chi connectivity index (χ3n) is 11.3. The number of hydrogen-bond acceptors (Lipinski definition) is 12. The first-order chi connectivity index (χ1) is 27.3. The highest BCUT2D eigenvalue weighted by Gasteiger charge is 2.60. The maximum absolute atomic E-state index is 13.3. The molecule has 11 unspecified atom stereocenters. The second kappa shape index (κ2) is 21.3. The van der Waals surface area contributed by atoms with Crippen LogP contribution in [0.15, 0.2) is 95.4 Å². The van der Waals surface area contributed by atoms with E-state index in [9.17, 15) is 45.0 Å². The minimum Gasteiger partial charge on any atom is -0.507 e. The van der Waals surface area contributed by atoms with Crippen LogP contribution in [0.2, 0.25) is 0 Å². The number of nitrogens with zero attached hydrogens (tertiary/aromatic N) is 1. The number of piperidine rings is 1. The highest BCUT2D eigenvalue weighted by atomic mass is 16.7. The summed E-state index contributed by atoms with van der Waals surface area (Å²) >= 11 is 0. The summed E-state index contributed by atoms with van der Waals surface area (Å²) in [6.07, 6.45) is 12.0. The number of aliphatic hydroxyl groups is 6. The molecule has 0 aliphatic carbocycles. The van der Waals surface area contributed by atoms with Gasteiger partial charge in [-0.1, -0.05) is 101 Å². The van der Waals surface area contributed by atoms with E-state index in [2.05, 4.69) is 5.32 Å². The van der Waals surface area contributed by atoms with E-state index in [4.69, 9.17) is 14.2 Å². The third kappa shape index (κ3) is 11.0. The molecule has 3 aliphatic rings. The molecule has 7 N–H and O–H groups in total. The average molecular weight is 813 g/mol. The molecule has 0 aromatic carbocycles. The topological polar surface area (TPSA) is 216 Å². The van der Waals surface area contributed by atoms with Gasteiger partial charge in [0.1, 0.15) is 35.7 Å². The van der Waals surface area contributed by atoms with Crippen molar-refractivity contribution in [3.05, 3.63) is 95.4 Å². The van der Waals surface area contributed by atoms with Crippen LogP contribution < -0.4 is 5.32 Å². The maximum Gasteiger partial charge on any atom is 0.261 e. The first kappa shape index (κ1) is 48.4.